The summed E-state index contributed by atoms with van der Waals surface area (Å²) in [4.78, 5) is 31.2. The van der Waals surface area contributed by atoms with E-state index in [1.165, 1.54) is 22.6 Å². The number of rotatable bonds is 4. The molecule has 5 rings (SSSR count). The topological polar surface area (TPSA) is 99.7 Å². The Morgan fingerprint density at radius 2 is 1.86 bits per heavy atom. The van der Waals surface area contributed by atoms with Crippen LogP contribution < -0.4 is 10.2 Å². The van der Waals surface area contributed by atoms with Crippen LogP contribution in [0.4, 0.5) is 10.8 Å². The molecule has 10 heteroatoms. The minimum atomic E-state index is -3.68. The zero-order chi connectivity index (χ0) is 24.9. The standard InChI is InChI=1S/C25H28N4O4S2/c1-15-4-6-21-23(12-15)34-25(26-21)27-24(31)18-8-10-28(11-9-18)35(32,33)20-5-7-22-19(14-20)13-16(2)29(22)17(3)30/h4-7,12,14,16,18H,8-11,13H2,1-3H3,(H,26,27,31)/t16-/m1/s1. The van der Waals surface area contributed by atoms with Crippen LogP contribution in [0.15, 0.2) is 41.3 Å². The van der Waals surface area contributed by atoms with Gasteiger partial charge in [-0.2, -0.15) is 4.31 Å². The van der Waals surface area contributed by atoms with E-state index in [2.05, 4.69) is 10.3 Å². The number of nitrogens with zero attached hydrogens (tertiary/aromatic N) is 3. The molecule has 1 aromatic heterocycles. The summed E-state index contributed by atoms with van der Waals surface area (Å²) in [5, 5.41) is 3.49. The monoisotopic (exact) mass is 512 g/mol. The Morgan fingerprint density at radius 1 is 1.11 bits per heavy atom. The van der Waals surface area contributed by atoms with Gasteiger partial charge in [0, 0.05) is 37.7 Å². The number of piperidine rings is 1. The van der Waals surface area contributed by atoms with Gasteiger partial charge in [-0.1, -0.05) is 17.4 Å². The summed E-state index contributed by atoms with van der Waals surface area (Å²) in [5.41, 5.74) is 3.65. The maximum atomic E-state index is 13.3. The van der Waals surface area contributed by atoms with Crippen molar-refractivity contribution in [2.24, 2.45) is 5.92 Å². The summed E-state index contributed by atoms with van der Waals surface area (Å²) in [7, 11) is -3.68. The van der Waals surface area contributed by atoms with Gasteiger partial charge in [0.15, 0.2) is 5.13 Å². The van der Waals surface area contributed by atoms with Crippen molar-refractivity contribution in [2.45, 2.75) is 51.0 Å². The van der Waals surface area contributed by atoms with Crippen molar-refractivity contribution in [3.05, 3.63) is 47.5 Å². The van der Waals surface area contributed by atoms with Crippen molar-refractivity contribution in [3.8, 4) is 0 Å². The van der Waals surface area contributed by atoms with Crippen LogP contribution in [0.3, 0.4) is 0 Å². The number of carbonyl (C=O) groups excluding carboxylic acids is 2. The maximum Gasteiger partial charge on any atom is 0.243 e. The van der Waals surface area contributed by atoms with Gasteiger partial charge in [-0.3, -0.25) is 9.59 Å². The van der Waals surface area contributed by atoms with Crippen LogP contribution in [0.5, 0.6) is 0 Å². The molecule has 1 fully saturated rings. The number of aryl methyl sites for hydroxylation is 1. The van der Waals surface area contributed by atoms with Gasteiger partial charge < -0.3 is 10.2 Å². The molecule has 0 radical (unpaired) electrons. The van der Waals surface area contributed by atoms with Gasteiger partial charge in [0.1, 0.15) is 0 Å². The largest absolute Gasteiger partial charge is 0.309 e. The first-order valence-electron chi connectivity index (χ1n) is 11.7. The zero-order valence-corrected chi connectivity index (χ0v) is 21.6. The predicted molar refractivity (Wildman–Crippen MR) is 137 cm³/mol. The third-order valence-corrected chi connectivity index (χ3v) is 9.67. The Hall–Kier alpha value is -2.82. The van der Waals surface area contributed by atoms with Crippen molar-refractivity contribution >= 4 is 54.2 Å². The minimum absolute atomic E-state index is 0.00848. The fourth-order valence-corrected chi connectivity index (χ4v) is 7.54. The summed E-state index contributed by atoms with van der Waals surface area (Å²) in [6, 6.07) is 11.0. The van der Waals surface area contributed by atoms with Crippen LogP contribution in [0, 0.1) is 12.8 Å². The molecule has 3 heterocycles. The molecular weight excluding hydrogens is 484 g/mol. The second-order valence-corrected chi connectivity index (χ2v) is 12.4. The lowest BCUT2D eigenvalue weighted by Crippen LogP contribution is -2.41. The highest BCUT2D eigenvalue weighted by atomic mass is 32.2. The SMILES string of the molecule is CC(=O)N1c2ccc(S(=O)(=O)N3CCC(C(=O)Nc4nc5ccc(C)cc5s4)CC3)cc2C[C@H]1C. The number of aromatic nitrogens is 1. The Kier molecular flexibility index (Phi) is 6.14. The van der Waals surface area contributed by atoms with E-state index in [9.17, 15) is 18.0 Å². The number of hydrogen-bond donors (Lipinski definition) is 1. The number of thiazole rings is 1. The number of sulfonamides is 1. The van der Waals surface area contributed by atoms with Crippen LogP contribution in [-0.4, -0.2) is 48.7 Å². The van der Waals surface area contributed by atoms with Gasteiger partial charge in [-0.15, -0.1) is 0 Å². The number of hydrogen-bond acceptors (Lipinski definition) is 6. The Labute approximate surface area is 209 Å². The van der Waals surface area contributed by atoms with Gasteiger partial charge in [-0.05, 0) is 74.6 Å². The number of benzene rings is 2. The van der Waals surface area contributed by atoms with E-state index in [4.69, 9.17) is 0 Å². The maximum absolute atomic E-state index is 13.3. The molecule has 2 aliphatic heterocycles. The fraction of sp³-hybridized carbons (Fsp3) is 0.400. The van der Waals surface area contributed by atoms with E-state index in [1.807, 2.05) is 32.0 Å². The number of anilines is 2. The highest BCUT2D eigenvalue weighted by Crippen LogP contribution is 2.35. The van der Waals surface area contributed by atoms with Crippen LogP contribution in [-0.2, 0) is 26.0 Å². The van der Waals surface area contributed by atoms with E-state index in [0.29, 0.717) is 24.4 Å². The van der Waals surface area contributed by atoms with Crippen molar-refractivity contribution in [1.29, 1.82) is 0 Å². The lowest BCUT2D eigenvalue weighted by Gasteiger charge is -2.30. The molecule has 0 bridgehead atoms. The summed E-state index contributed by atoms with van der Waals surface area (Å²) in [6.07, 6.45) is 1.54. The van der Waals surface area contributed by atoms with E-state index in [-0.39, 0.29) is 41.8 Å². The lowest BCUT2D eigenvalue weighted by atomic mass is 9.97. The van der Waals surface area contributed by atoms with Crippen molar-refractivity contribution in [3.63, 3.8) is 0 Å². The van der Waals surface area contributed by atoms with E-state index in [1.54, 1.807) is 23.1 Å². The van der Waals surface area contributed by atoms with Crippen LogP contribution >= 0.6 is 11.3 Å². The molecule has 2 aromatic carbocycles. The molecule has 0 spiro atoms. The first kappa shape index (κ1) is 23.9. The molecule has 0 saturated carbocycles. The van der Waals surface area contributed by atoms with Gasteiger partial charge >= 0.3 is 0 Å². The number of amides is 2. The summed E-state index contributed by atoms with van der Waals surface area (Å²) in [6.45, 7) is 6.07. The molecule has 35 heavy (non-hydrogen) atoms. The Morgan fingerprint density at radius 3 is 2.57 bits per heavy atom. The highest BCUT2D eigenvalue weighted by molar-refractivity contribution is 7.89. The van der Waals surface area contributed by atoms with E-state index < -0.39 is 10.0 Å². The molecular formula is C25H28N4O4S2. The molecule has 2 aliphatic rings. The molecule has 1 atom stereocenters. The zero-order valence-electron chi connectivity index (χ0n) is 19.9. The summed E-state index contributed by atoms with van der Waals surface area (Å²) >= 11 is 1.44. The van der Waals surface area contributed by atoms with Gasteiger partial charge in [0.05, 0.1) is 15.1 Å². The quantitative estimate of drug-likeness (QED) is 0.571. The first-order chi connectivity index (χ1) is 16.6. The van der Waals surface area contributed by atoms with Crippen LogP contribution in [0.2, 0.25) is 0 Å². The van der Waals surface area contributed by atoms with E-state index in [0.717, 1.165) is 27.0 Å². The third-order valence-electron chi connectivity index (χ3n) is 6.84. The molecule has 0 unspecified atom stereocenters. The molecule has 1 saturated heterocycles. The molecule has 8 nitrogen and oxygen atoms in total. The molecule has 1 N–H and O–H groups in total. The van der Waals surface area contributed by atoms with Gasteiger partial charge in [-0.25, -0.2) is 13.4 Å². The third kappa shape index (κ3) is 4.46. The van der Waals surface area contributed by atoms with Gasteiger partial charge in [0.2, 0.25) is 21.8 Å². The molecule has 184 valence electrons. The summed E-state index contributed by atoms with van der Waals surface area (Å²) < 4.78 is 29.1. The summed E-state index contributed by atoms with van der Waals surface area (Å²) in [5.74, 6) is -0.429. The fourth-order valence-electron chi connectivity index (χ4n) is 5.05. The Balaban J connectivity index is 1.24. The van der Waals surface area contributed by atoms with Crippen molar-refractivity contribution in [1.82, 2.24) is 9.29 Å². The number of nitrogens with one attached hydrogen (secondary N) is 1. The first-order valence-corrected chi connectivity index (χ1v) is 14.0. The second kappa shape index (κ2) is 9.00. The Bertz CT molecular complexity index is 1420. The molecule has 0 aliphatic carbocycles. The highest BCUT2D eigenvalue weighted by Gasteiger charge is 2.35. The smallest absolute Gasteiger partial charge is 0.243 e. The van der Waals surface area contributed by atoms with Crippen molar-refractivity contribution < 1.29 is 18.0 Å². The second-order valence-electron chi connectivity index (χ2n) is 9.39. The molecule has 2 amide bonds. The lowest BCUT2D eigenvalue weighted by molar-refractivity contribution is -0.121. The predicted octanol–water partition coefficient (Wildman–Crippen LogP) is 3.94. The minimum Gasteiger partial charge on any atom is -0.309 e. The van der Waals surface area contributed by atoms with Crippen LogP contribution in [0.1, 0.15) is 37.8 Å². The average Bonchev–Trinajstić information content (AvgIpc) is 3.37. The van der Waals surface area contributed by atoms with Gasteiger partial charge in [0.25, 0.3) is 0 Å². The van der Waals surface area contributed by atoms with E-state index >= 15 is 0 Å². The number of fused-ring (bicyclic) bond motifs is 2. The average molecular weight is 513 g/mol. The number of carbonyl (C=O) groups is 2. The molecule has 3 aromatic rings. The van der Waals surface area contributed by atoms with Crippen molar-refractivity contribution in [2.75, 3.05) is 23.3 Å². The van der Waals surface area contributed by atoms with Crippen LogP contribution in [0.25, 0.3) is 10.2 Å². The normalized spacial score (nSPS) is 19.2.